The molecule has 1 unspecified atom stereocenters. The molecule has 0 radical (unpaired) electrons. The lowest BCUT2D eigenvalue weighted by molar-refractivity contribution is 0.0966. The molecule has 0 aromatic rings. The number of hydrogen-bond acceptors (Lipinski definition) is 1. The minimum atomic E-state index is -2.23. The van der Waals surface area contributed by atoms with Crippen LogP contribution in [-0.2, 0) is 0 Å². The van der Waals surface area contributed by atoms with Crippen molar-refractivity contribution in [3.63, 3.8) is 0 Å². The predicted octanol–water partition coefficient (Wildman–Crippen LogP) is 2.81. The Morgan fingerprint density at radius 2 is 1.83 bits per heavy atom. The van der Waals surface area contributed by atoms with Gasteiger partial charge in [0, 0.05) is 0 Å². The van der Waals surface area contributed by atoms with Crippen LogP contribution in [0.4, 0.5) is 8.78 Å². The summed E-state index contributed by atoms with van der Waals surface area (Å²) in [5, 5.41) is 2.63. The Morgan fingerprint density at radius 3 is 2.25 bits per heavy atom. The molecule has 0 saturated carbocycles. The smallest absolute Gasteiger partial charge is 0.253 e. The average Bonchev–Trinajstić information content (AvgIpc) is 2.04. The van der Waals surface area contributed by atoms with Crippen LogP contribution in [0.15, 0.2) is 0 Å². The highest BCUT2D eigenvalue weighted by molar-refractivity contribution is 4.66. The third-order valence-electron chi connectivity index (χ3n) is 2.04. The number of rotatable bonds is 7. The fraction of sp³-hybridized carbons (Fsp3) is 1.00. The second kappa shape index (κ2) is 7.47. The highest BCUT2D eigenvalue weighted by Gasteiger charge is 2.16. The van der Waals surface area contributed by atoms with Gasteiger partial charge < -0.3 is 5.32 Å². The summed E-state index contributed by atoms with van der Waals surface area (Å²) >= 11 is 0. The SMILES string of the molecule is CCCCCCC(NC)C(F)F. The van der Waals surface area contributed by atoms with E-state index in [4.69, 9.17) is 0 Å². The Bertz CT molecular complexity index is 96.5. The second-order valence-corrected chi connectivity index (χ2v) is 3.08. The minimum absolute atomic E-state index is 0.591. The molecule has 0 aliphatic carbocycles. The van der Waals surface area contributed by atoms with Gasteiger partial charge in [-0.2, -0.15) is 0 Å². The Morgan fingerprint density at radius 1 is 1.17 bits per heavy atom. The van der Waals surface area contributed by atoms with Crippen LogP contribution in [-0.4, -0.2) is 19.5 Å². The van der Waals surface area contributed by atoms with E-state index in [0.717, 1.165) is 25.7 Å². The molecule has 0 amide bonds. The summed E-state index contributed by atoms with van der Waals surface area (Å²) in [5.74, 6) is 0. The molecule has 0 aromatic carbocycles. The predicted molar refractivity (Wildman–Crippen MR) is 47.6 cm³/mol. The Balaban J connectivity index is 3.32. The van der Waals surface area contributed by atoms with E-state index in [1.165, 1.54) is 0 Å². The van der Waals surface area contributed by atoms with E-state index in [9.17, 15) is 8.78 Å². The minimum Gasteiger partial charge on any atom is -0.312 e. The van der Waals surface area contributed by atoms with Crippen LogP contribution >= 0.6 is 0 Å². The van der Waals surface area contributed by atoms with E-state index in [1.54, 1.807) is 7.05 Å². The standard InChI is InChI=1S/C9H19F2N/c1-3-4-5-6-7-8(12-2)9(10)11/h8-9,12H,3-7H2,1-2H3. The third-order valence-corrected chi connectivity index (χ3v) is 2.04. The van der Waals surface area contributed by atoms with E-state index in [2.05, 4.69) is 12.2 Å². The molecule has 3 heteroatoms. The molecule has 0 saturated heterocycles. The fourth-order valence-corrected chi connectivity index (χ4v) is 1.19. The lowest BCUT2D eigenvalue weighted by atomic mass is 10.1. The van der Waals surface area contributed by atoms with Gasteiger partial charge in [-0.1, -0.05) is 32.6 Å². The average molecular weight is 179 g/mol. The van der Waals surface area contributed by atoms with Crippen molar-refractivity contribution in [3.8, 4) is 0 Å². The first-order valence-corrected chi connectivity index (χ1v) is 4.67. The Labute approximate surface area is 73.5 Å². The first-order chi connectivity index (χ1) is 5.72. The molecule has 0 spiro atoms. The van der Waals surface area contributed by atoms with E-state index in [-0.39, 0.29) is 0 Å². The topological polar surface area (TPSA) is 12.0 Å². The molecule has 0 aliphatic rings. The molecule has 12 heavy (non-hydrogen) atoms. The maximum absolute atomic E-state index is 12.1. The van der Waals surface area contributed by atoms with Crippen LogP contribution in [0.5, 0.6) is 0 Å². The van der Waals surface area contributed by atoms with Gasteiger partial charge in [-0.3, -0.25) is 0 Å². The van der Waals surface area contributed by atoms with Crippen molar-refractivity contribution in [2.75, 3.05) is 7.05 Å². The molecule has 74 valence electrons. The lowest BCUT2D eigenvalue weighted by Crippen LogP contribution is -2.32. The van der Waals surface area contributed by atoms with Crippen molar-refractivity contribution in [2.24, 2.45) is 0 Å². The zero-order valence-corrected chi connectivity index (χ0v) is 7.95. The molecule has 0 fully saturated rings. The first kappa shape index (κ1) is 11.8. The summed E-state index contributed by atoms with van der Waals surface area (Å²) in [4.78, 5) is 0. The summed E-state index contributed by atoms with van der Waals surface area (Å²) < 4.78 is 24.3. The Hall–Kier alpha value is -0.180. The van der Waals surface area contributed by atoms with Crippen molar-refractivity contribution in [3.05, 3.63) is 0 Å². The summed E-state index contributed by atoms with van der Waals surface area (Å²) in [6, 6.07) is -0.609. The second-order valence-electron chi connectivity index (χ2n) is 3.08. The van der Waals surface area contributed by atoms with Gasteiger partial charge in [-0.15, -0.1) is 0 Å². The summed E-state index contributed by atoms with van der Waals surface area (Å²) in [6.45, 7) is 2.11. The summed E-state index contributed by atoms with van der Waals surface area (Å²) in [6.07, 6.45) is 2.65. The lowest BCUT2D eigenvalue weighted by Gasteiger charge is -2.14. The van der Waals surface area contributed by atoms with Crippen LogP contribution in [0, 0.1) is 0 Å². The van der Waals surface area contributed by atoms with Crippen LogP contribution in [0.1, 0.15) is 39.0 Å². The zero-order chi connectivity index (χ0) is 9.40. The first-order valence-electron chi connectivity index (χ1n) is 4.67. The van der Waals surface area contributed by atoms with E-state index < -0.39 is 12.5 Å². The highest BCUT2D eigenvalue weighted by Crippen LogP contribution is 2.10. The molecule has 0 bridgehead atoms. The monoisotopic (exact) mass is 179 g/mol. The number of hydrogen-bond donors (Lipinski definition) is 1. The number of alkyl halides is 2. The molecular weight excluding hydrogens is 160 g/mol. The van der Waals surface area contributed by atoms with Gasteiger partial charge in [0.1, 0.15) is 0 Å². The Kier molecular flexibility index (Phi) is 7.36. The van der Waals surface area contributed by atoms with Gasteiger partial charge in [0.15, 0.2) is 0 Å². The molecule has 1 atom stereocenters. The van der Waals surface area contributed by atoms with E-state index >= 15 is 0 Å². The quantitative estimate of drug-likeness (QED) is 0.592. The maximum Gasteiger partial charge on any atom is 0.253 e. The molecule has 0 aliphatic heterocycles. The van der Waals surface area contributed by atoms with Crippen LogP contribution in [0.25, 0.3) is 0 Å². The number of halogens is 2. The molecule has 0 rings (SSSR count). The fourth-order valence-electron chi connectivity index (χ4n) is 1.19. The van der Waals surface area contributed by atoms with Crippen molar-refractivity contribution >= 4 is 0 Å². The van der Waals surface area contributed by atoms with Crippen LogP contribution in [0.3, 0.4) is 0 Å². The van der Waals surface area contributed by atoms with Gasteiger partial charge in [0.25, 0.3) is 6.43 Å². The summed E-state index contributed by atoms with van der Waals surface area (Å²) in [5.41, 5.74) is 0. The van der Waals surface area contributed by atoms with Gasteiger partial charge in [0.2, 0.25) is 0 Å². The van der Waals surface area contributed by atoms with Crippen molar-refractivity contribution < 1.29 is 8.78 Å². The van der Waals surface area contributed by atoms with Crippen LogP contribution in [0.2, 0.25) is 0 Å². The van der Waals surface area contributed by atoms with Gasteiger partial charge in [0.05, 0.1) is 6.04 Å². The largest absolute Gasteiger partial charge is 0.312 e. The van der Waals surface area contributed by atoms with E-state index in [1.807, 2.05) is 0 Å². The highest BCUT2D eigenvalue weighted by atomic mass is 19.3. The summed E-state index contributed by atoms with van der Waals surface area (Å²) in [7, 11) is 1.59. The third kappa shape index (κ3) is 5.47. The molecular formula is C9H19F2N. The van der Waals surface area contributed by atoms with E-state index in [0.29, 0.717) is 6.42 Å². The van der Waals surface area contributed by atoms with Gasteiger partial charge in [-0.05, 0) is 13.5 Å². The van der Waals surface area contributed by atoms with Crippen molar-refractivity contribution in [1.29, 1.82) is 0 Å². The molecule has 1 N–H and O–H groups in total. The molecule has 1 nitrogen and oxygen atoms in total. The molecule has 0 heterocycles. The number of nitrogens with one attached hydrogen (secondary N) is 1. The zero-order valence-electron chi connectivity index (χ0n) is 7.95. The van der Waals surface area contributed by atoms with Gasteiger partial charge >= 0.3 is 0 Å². The normalized spacial score (nSPS) is 13.8. The van der Waals surface area contributed by atoms with Crippen molar-refractivity contribution in [1.82, 2.24) is 5.32 Å². The van der Waals surface area contributed by atoms with Crippen molar-refractivity contribution in [2.45, 2.75) is 51.5 Å². The number of unbranched alkanes of at least 4 members (excludes halogenated alkanes) is 3. The maximum atomic E-state index is 12.1. The van der Waals surface area contributed by atoms with Crippen LogP contribution < -0.4 is 5.32 Å². The molecule has 0 aromatic heterocycles. The van der Waals surface area contributed by atoms with Gasteiger partial charge in [-0.25, -0.2) is 8.78 Å².